The van der Waals surface area contributed by atoms with Gasteiger partial charge in [0.05, 0.1) is 5.69 Å². The van der Waals surface area contributed by atoms with Crippen LogP contribution in [0.2, 0.25) is 0 Å². The maximum atomic E-state index is 13.1. The van der Waals surface area contributed by atoms with E-state index < -0.39 is 0 Å². The van der Waals surface area contributed by atoms with E-state index in [-0.39, 0.29) is 11.8 Å². The van der Waals surface area contributed by atoms with Gasteiger partial charge in [0, 0.05) is 44.6 Å². The van der Waals surface area contributed by atoms with Gasteiger partial charge in [0.1, 0.15) is 11.3 Å². The summed E-state index contributed by atoms with van der Waals surface area (Å²) in [5.41, 5.74) is 3.77. The van der Waals surface area contributed by atoms with E-state index in [9.17, 15) is 9.59 Å². The normalized spacial score (nSPS) is 16.9. The van der Waals surface area contributed by atoms with Gasteiger partial charge in [-0.1, -0.05) is 6.07 Å². The van der Waals surface area contributed by atoms with Crippen molar-refractivity contribution in [3.8, 4) is 0 Å². The molecule has 1 fully saturated rings. The van der Waals surface area contributed by atoms with Crippen molar-refractivity contribution >= 4 is 17.5 Å². The van der Waals surface area contributed by atoms with Crippen LogP contribution in [0, 0.1) is 6.92 Å². The van der Waals surface area contributed by atoms with E-state index in [4.69, 9.17) is 0 Å². The number of aromatic nitrogens is 4. The Morgan fingerprint density at radius 3 is 2.48 bits per heavy atom. The quantitative estimate of drug-likeness (QED) is 0.666. The molecule has 2 aliphatic rings. The Morgan fingerprint density at radius 1 is 0.966 bits per heavy atom. The maximum Gasteiger partial charge on any atom is 0.274 e. The number of carbonyl (C=O) groups excluding carboxylic acids is 2. The zero-order chi connectivity index (χ0) is 20.0. The Morgan fingerprint density at radius 2 is 1.72 bits per heavy atom. The highest BCUT2D eigenvalue weighted by Crippen LogP contribution is 2.19. The summed E-state index contributed by atoms with van der Waals surface area (Å²) in [7, 11) is 0. The van der Waals surface area contributed by atoms with E-state index in [1.807, 2.05) is 51.4 Å². The van der Waals surface area contributed by atoms with Gasteiger partial charge in [-0.25, -0.2) is 4.98 Å². The van der Waals surface area contributed by atoms with Gasteiger partial charge in [-0.15, -0.1) is 0 Å². The molecular formula is C21H24N6O2. The number of hydrogen-bond acceptors (Lipinski definition) is 4. The number of rotatable bonds is 2. The summed E-state index contributed by atoms with van der Waals surface area (Å²) in [5, 5.41) is 4.50. The van der Waals surface area contributed by atoms with Crippen LogP contribution in [0.25, 0.3) is 5.65 Å². The molecule has 0 atom stereocenters. The monoisotopic (exact) mass is 392 g/mol. The minimum absolute atomic E-state index is 0.0363. The molecule has 2 aliphatic heterocycles. The number of fused-ring (bicyclic) bond motifs is 2. The Hall–Kier alpha value is -3.16. The highest BCUT2D eigenvalue weighted by Gasteiger charge is 2.29. The van der Waals surface area contributed by atoms with Crippen LogP contribution in [0.15, 0.2) is 30.5 Å². The molecule has 8 nitrogen and oxygen atoms in total. The average molecular weight is 392 g/mol. The first-order chi connectivity index (χ1) is 14.1. The average Bonchev–Trinajstić information content (AvgIpc) is 3.33. The van der Waals surface area contributed by atoms with Crippen LogP contribution in [0.4, 0.5) is 0 Å². The Labute approximate surface area is 168 Å². The number of piperazine rings is 1. The van der Waals surface area contributed by atoms with Gasteiger partial charge in [0.2, 0.25) is 0 Å². The molecule has 8 heteroatoms. The van der Waals surface area contributed by atoms with Gasteiger partial charge in [-0.05, 0) is 44.4 Å². The fraction of sp³-hybridized carbons (Fsp3) is 0.429. The van der Waals surface area contributed by atoms with Gasteiger partial charge >= 0.3 is 0 Å². The van der Waals surface area contributed by atoms with Crippen molar-refractivity contribution in [3.05, 3.63) is 53.2 Å². The molecule has 2 amide bonds. The zero-order valence-electron chi connectivity index (χ0n) is 16.5. The molecule has 3 aromatic heterocycles. The number of carbonyl (C=O) groups is 2. The van der Waals surface area contributed by atoms with Crippen LogP contribution < -0.4 is 0 Å². The van der Waals surface area contributed by atoms with Crippen LogP contribution in [0.5, 0.6) is 0 Å². The number of hydrogen-bond donors (Lipinski definition) is 0. The number of imidazole rings is 1. The van der Waals surface area contributed by atoms with Crippen molar-refractivity contribution in [1.29, 1.82) is 0 Å². The van der Waals surface area contributed by atoms with Crippen molar-refractivity contribution in [2.24, 2.45) is 0 Å². The predicted molar refractivity (Wildman–Crippen MR) is 107 cm³/mol. The van der Waals surface area contributed by atoms with Crippen LogP contribution in [0.3, 0.4) is 0 Å². The highest BCUT2D eigenvalue weighted by molar-refractivity contribution is 5.95. The fourth-order valence-electron chi connectivity index (χ4n) is 4.32. The summed E-state index contributed by atoms with van der Waals surface area (Å²) >= 11 is 0. The summed E-state index contributed by atoms with van der Waals surface area (Å²) in [6, 6.07) is 7.63. The lowest BCUT2D eigenvalue weighted by atomic mass is 10.1. The van der Waals surface area contributed by atoms with Gasteiger partial charge in [0.15, 0.2) is 5.69 Å². The molecule has 0 radical (unpaired) electrons. The molecule has 0 spiro atoms. The van der Waals surface area contributed by atoms with Crippen molar-refractivity contribution in [1.82, 2.24) is 29.0 Å². The Bertz CT molecular complexity index is 1070. The van der Waals surface area contributed by atoms with Crippen molar-refractivity contribution in [3.63, 3.8) is 0 Å². The molecule has 150 valence electrons. The number of pyridine rings is 1. The smallest absolute Gasteiger partial charge is 0.274 e. The van der Waals surface area contributed by atoms with Gasteiger partial charge in [-0.3, -0.25) is 18.7 Å². The maximum absolute atomic E-state index is 13.1. The van der Waals surface area contributed by atoms with E-state index in [0.29, 0.717) is 37.6 Å². The van der Waals surface area contributed by atoms with Crippen molar-refractivity contribution in [2.45, 2.75) is 32.7 Å². The second-order valence-electron chi connectivity index (χ2n) is 7.76. The zero-order valence-corrected chi connectivity index (χ0v) is 16.5. The first-order valence-corrected chi connectivity index (χ1v) is 10.2. The SMILES string of the molecule is Cc1nc2ccccn2c1C(=O)N1CCN(C(=O)c2cc3n(n2)CCCC3)CC1. The summed E-state index contributed by atoms with van der Waals surface area (Å²) < 4.78 is 3.80. The van der Waals surface area contributed by atoms with Crippen LogP contribution in [-0.4, -0.2) is 67.0 Å². The van der Waals surface area contributed by atoms with Gasteiger partial charge < -0.3 is 9.80 Å². The Kier molecular flexibility index (Phi) is 4.34. The summed E-state index contributed by atoms with van der Waals surface area (Å²) in [6.07, 6.45) is 5.12. The number of nitrogens with zero attached hydrogens (tertiary/aromatic N) is 6. The molecule has 5 rings (SSSR count). The van der Waals surface area contributed by atoms with Crippen LogP contribution in [0.1, 0.15) is 45.2 Å². The predicted octanol–water partition coefficient (Wildman–Crippen LogP) is 1.77. The molecule has 1 saturated heterocycles. The van der Waals surface area contributed by atoms with Gasteiger partial charge in [0.25, 0.3) is 11.8 Å². The minimum Gasteiger partial charge on any atom is -0.334 e. The first kappa shape index (κ1) is 17.9. The minimum atomic E-state index is -0.0371. The summed E-state index contributed by atoms with van der Waals surface area (Å²) in [4.78, 5) is 34.1. The largest absolute Gasteiger partial charge is 0.334 e. The lowest BCUT2D eigenvalue weighted by molar-refractivity contribution is 0.0527. The topological polar surface area (TPSA) is 75.7 Å². The third kappa shape index (κ3) is 3.08. The third-order valence-corrected chi connectivity index (χ3v) is 5.90. The van der Waals surface area contributed by atoms with Crippen molar-refractivity contribution < 1.29 is 9.59 Å². The lowest BCUT2D eigenvalue weighted by Gasteiger charge is -2.34. The second-order valence-corrected chi connectivity index (χ2v) is 7.76. The van der Waals surface area contributed by atoms with Crippen LogP contribution >= 0.6 is 0 Å². The molecule has 0 saturated carbocycles. The van der Waals surface area contributed by atoms with E-state index in [1.165, 1.54) is 0 Å². The van der Waals surface area contributed by atoms with E-state index in [0.717, 1.165) is 42.8 Å². The molecule has 0 aromatic carbocycles. The molecule has 0 unspecified atom stereocenters. The van der Waals surface area contributed by atoms with Crippen molar-refractivity contribution in [2.75, 3.05) is 26.2 Å². The summed E-state index contributed by atoms with van der Waals surface area (Å²) in [6.45, 7) is 4.81. The standard InChI is InChI=1S/C21H24N6O2/c1-15-19(26-8-4-3-7-18(26)22-15)21(29)25-12-10-24(11-13-25)20(28)17-14-16-6-2-5-9-27(16)23-17/h3-4,7-8,14H,2,5-6,9-13H2,1H3. The van der Waals surface area contributed by atoms with E-state index >= 15 is 0 Å². The molecule has 0 bridgehead atoms. The molecule has 0 N–H and O–H groups in total. The number of aryl methyl sites for hydroxylation is 3. The molecular weight excluding hydrogens is 368 g/mol. The highest BCUT2D eigenvalue weighted by atomic mass is 16.2. The third-order valence-electron chi connectivity index (χ3n) is 5.90. The molecule has 5 heterocycles. The second kappa shape index (κ2) is 7.02. The van der Waals surface area contributed by atoms with Gasteiger partial charge in [-0.2, -0.15) is 5.10 Å². The first-order valence-electron chi connectivity index (χ1n) is 10.2. The number of amides is 2. The fourth-order valence-corrected chi connectivity index (χ4v) is 4.32. The lowest BCUT2D eigenvalue weighted by Crippen LogP contribution is -2.51. The molecule has 0 aliphatic carbocycles. The van der Waals surface area contributed by atoms with E-state index in [1.54, 1.807) is 4.90 Å². The Balaban J connectivity index is 1.28. The van der Waals surface area contributed by atoms with E-state index in [2.05, 4.69) is 10.1 Å². The van der Waals surface area contributed by atoms with Crippen LogP contribution in [-0.2, 0) is 13.0 Å². The summed E-state index contributed by atoms with van der Waals surface area (Å²) in [5.74, 6) is -0.0734. The molecule has 29 heavy (non-hydrogen) atoms. The molecule has 3 aromatic rings.